The first-order valence-electron chi connectivity index (χ1n) is 9.77. The van der Waals surface area contributed by atoms with E-state index in [1.807, 2.05) is 0 Å². The third-order valence-corrected chi connectivity index (χ3v) is 6.65. The van der Waals surface area contributed by atoms with Gasteiger partial charge < -0.3 is 14.8 Å². The molecule has 174 valence electrons. The molecule has 0 aliphatic carbocycles. The summed E-state index contributed by atoms with van der Waals surface area (Å²) in [5, 5.41) is 25.9. The normalized spacial score (nSPS) is 10.9. The predicted octanol–water partition coefficient (Wildman–Crippen LogP) is 5.03. The van der Waals surface area contributed by atoms with E-state index < -0.39 is 16.9 Å². The Morgan fingerprint density at radius 2 is 2.00 bits per heavy atom. The van der Waals surface area contributed by atoms with Crippen molar-refractivity contribution in [3.63, 3.8) is 0 Å². The zero-order valence-corrected chi connectivity index (χ0v) is 19.9. The third-order valence-electron chi connectivity index (χ3n) is 4.57. The number of benzene rings is 1. The van der Waals surface area contributed by atoms with Gasteiger partial charge in [0, 0.05) is 29.3 Å². The van der Waals surface area contributed by atoms with Crippen LogP contribution in [0.25, 0.3) is 16.8 Å². The van der Waals surface area contributed by atoms with Crippen molar-refractivity contribution in [3.8, 4) is 17.3 Å². The lowest BCUT2D eigenvalue weighted by atomic mass is 10.1. The molecule has 0 aliphatic heterocycles. The predicted molar refractivity (Wildman–Crippen MR) is 128 cm³/mol. The number of carbonyl (C=O) groups excluding carboxylic acids is 2. The Balaban J connectivity index is 1.91. The van der Waals surface area contributed by atoms with Crippen molar-refractivity contribution < 1.29 is 24.0 Å². The number of nitriles is 1. The molecule has 3 rings (SSSR count). The van der Waals surface area contributed by atoms with Crippen LogP contribution >= 0.6 is 22.7 Å². The van der Waals surface area contributed by atoms with Crippen LogP contribution in [0.15, 0.2) is 35.8 Å². The van der Waals surface area contributed by atoms with Crippen molar-refractivity contribution >= 4 is 50.9 Å². The van der Waals surface area contributed by atoms with Crippen molar-refractivity contribution in [2.45, 2.75) is 13.8 Å². The molecule has 0 atom stereocenters. The average molecular weight is 499 g/mol. The van der Waals surface area contributed by atoms with Gasteiger partial charge >= 0.3 is 11.9 Å². The molecule has 0 bridgehead atoms. The van der Waals surface area contributed by atoms with E-state index in [1.165, 1.54) is 36.8 Å². The molecular formula is C22H18N4O6S2. The Morgan fingerprint density at radius 3 is 2.59 bits per heavy atom. The number of nitrogens with one attached hydrogen (secondary N) is 1. The number of non-ortho nitro benzene ring substituents is 1. The van der Waals surface area contributed by atoms with E-state index in [1.54, 1.807) is 31.4 Å². The molecule has 0 saturated heterocycles. The van der Waals surface area contributed by atoms with E-state index >= 15 is 0 Å². The maximum Gasteiger partial charge on any atom is 0.348 e. The summed E-state index contributed by atoms with van der Waals surface area (Å²) in [6, 6.07) is 7.99. The van der Waals surface area contributed by atoms with Crippen molar-refractivity contribution in [1.29, 1.82) is 5.26 Å². The number of nitrogens with zero attached hydrogens (tertiary/aromatic N) is 3. The molecule has 2 aromatic heterocycles. The fourth-order valence-corrected chi connectivity index (χ4v) is 4.79. The lowest BCUT2D eigenvalue weighted by Gasteiger charge is -2.05. The SMILES string of the molecule is CCOC(=O)c1c(NC=C(C#N)c2nc(-c3ccc([N+](=O)[O-])cc3)cs2)sc(C(=O)OC)c1C. The lowest BCUT2D eigenvalue weighted by Crippen LogP contribution is -2.08. The number of hydrogen-bond acceptors (Lipinski definition) is 11. The van der Waals surface area contributed by atoms with Crippen molar-refractivity contribution in [2.24, 2.45) is 0 Å². The summed E-state index contributed by atoms with van der Waals surface area (Å²) in [6.07, 6.45) is 1.40. The van der Waals surface area contributed by atoms with Gasteiger partial charge in [0.25, 0.3) is 5.69 Å². The number of rotatable bonds is 8. The number of hydrogen-bond donors (Lipinski definition) is 1. The number of esters is 2. The van der Waals surface area contributed by atoms with Gasteiger partial charge in [-0.1, -0.05) is 0 Å². The fourth-order valence-electron chi connectivity index (χ4n) is 2.92. The monoisotopic (exact) mass is 498 g/mol. The molecule has 0 saturated carbocycles. The molecule has 0 unspecified atom stereocenters. The molecule has 0 fully saturated rings. The zero-order valence-electron chi connectivity index (χ0n) is 18.3. The van der Waals surface area contributed by atoms with Gasteiger partial charge in [-0.25, -0.2) is 14.6 Å². The van der Waals surface area contributed by atoms with Crippen LogP contribution in [-0.4, -0.2) is 35.6 Å². The minimum atomic E-state index is -0.601. The van der Waals surface area contributed by atoms with Gasteiger partial charge in [-0.3, -0.25) is 10.1 Å². The van der Waals surface area contributed by atoms with Crippen LogP contribution in [0.3, 0.4) is 0 Å². The smallest absolute Gasteiger partial charge is 0.348 e. The Morgan fingerprint density at radius 1 is 1.29 bits per heavy atom. The van der Waals surface area contributed by atoms with Crippen molar-refractivity contribution in [1.82, 2.24) is 4.98 Å². The Bertz CT molecular complexity index is 1320. The van der Waals surface area contributed by atoms with E-state index in [-0.39, 0.29) is 28.3 Å². The minimum absolute atomic E-state index is 0.0315. The number of carbonyl (C=O) groups is 2. The maximum atomic E-state index is 12.5. The highest BCUT2D eigenvalue weighted by molar-refractivity contribution is 7.18. The Labute approximate surface area is 202 Å². The number of thiazole rings is 1. The van der Waals surface area contributed by atoms with Gasteiger partial charge in [-0.05, 0) is 31.5 Å². The van der Waals surface area contributed by atoms with Crippen LogP contribution in [0.1, 0.15) is 37.5 Å². The summed E-state index contributed by atoms with van der Waals surface area (Å²) >= 11 is 2.23. The number of allylic oxidation sites excluding steroid dienone is 1. The molecule has 1 N–H and O–H groups in total. The van der Waals surface area contributed by atoms with Crippen LogP contribution in [-0.2, 0) is 9.47 Å². The molecule has 34 heavy (non-hydrogen) atoms. The van der Waals surface area contributed by atoms with Crippen LogP contribution in [0, 0.1) is 28.4 Å². The fraction of sp³-hybridized carbons (Fsp3) is 0.182. The second-order valence-electron chi connectivity index (χ2n) is 6.63. The Kier molecular flexibility index (Phi) is 7.72. The van der Waals surface area contributed by atoms with Crippen LogP contribution in [0.2, 0.25) is 0 Å². The molecular weight excluding hydrogens is 480 g/mol. The number of anilines is 1. The summed E-state index contributed by atoms with van der Waals surface area (Å²) in [5.41, 5.74) is 1.99. The first kappa shape index (κ1) is 24.6. The summed E-state index contributed by atoms with van der Waals surface area (Å²) in [4.78, 5) is 39.6. The topological polar surface area (TPSA) is 144 Å². The zero-order chi connectivity index (χ0) is 24.8. The highest BCUT2D eigenvalue weighted by Gasteiger charge is 2.26. The molecule has 10 nitrogen and oxygen atoms in total. The van der Waals surface area contributed by atoms with E-state index in [4.69, 9.17) is 9.47 Å². The first-order valence-corrected chi connectivity index (χ1v) is 11.5. The summed E-state index contributed by atoms with van der Waals surface area (Å²) in [6.45, 7) is 3.45. The molecule has 12 heteroatoms. The second-order valence-corrected chi connectivity index (χ2v) is 8.51. The summed E-state index contributed by atoms with van der Waals surface area (Å²) in [5.74, 6) is -1.19. The number of nitro groups is 1. The maximum absolute atomic E-state index is 12.5. The minimum Gasteiger partial charge on any atom is -0.465 e. The number of thiophene rings is 1. The van der Waals surface area contributed by atoms with Gasteiger partial charge in [-0.2, -0.15) is 5.26 Å². The number of nitro benzene ring substituents is 1. The molecule has 1 aromatic carbocycles. The average Bonchev–Trinajstić information content (AvgIpc) is 3.44. The summed E-state index contributed by atoms with van der Waals surface area (Å²) < 4.78 is 9.89. The van der Waals surface area contributed by atoms with Gasteiger partial charge in [0.2, 0.25) is 0 Å². The van der Waals surface area contributed by atoms with E-state index in [2.05, 4.69) is 16.4 Å². The van der Waals surface area contributed by atoms with E-state index in [9.17, 15) is 25.0 Å². The Hall–Kier alpha value is -4.08. The quantitative estimate of drug-likeness (QED) is 0.196. The number of methoxy groups -OCH3 is 1. The molecule has 0 aliphatic rings. The highest BCUT2D eigenvalue weighted by Crippen LogP contribution is 2.35. The summed E-state index contributed by atoms with van der Waals surface area (Å²) in [7, 11) is 1.25. The lowest BCUT2D eigenvalue weighted by molar-refractivity contribution is -0.384. The first-order chi connectivity index (χ1) is 16.3. The van der Waals surface area contributed by atoms with E-state index in [0.717, 1.165) is 11.3 Å². The third kappa shape index (κ3) is 5.11. The molecule has 3 aromatic rings. The molecule has 0 spiro atoms. The van der Waals surface area contributed by atoms with E-state index in [0.29, 0.717) is 26.8 Å². The van der Waals surface area contributed by atoms with Gasteiger partial charge in [-0.15, -0.1) is 22.7 Å². The highest BCUT2D eigenvalue weighted by atomic mass is 32.1. The molecule has 0 amide bonds. The van der Waals surface area contributed by atoms with Crippen molar-refractivity contribution in [2.75, 3.05) is 19.0 Å². The van der Waals surface area contributed by atoms with Crippen LogP contribution < -0.4 is 5.32 Å². The van der Waals surface area contributed by atoms with Crippen LogP contribution in [0.4, 0.5) is 10.7 Å². The van der Waals surface area contributed by atoms with Gasteiger partial charge in [0.1, 0.15) is 26.5 Å². The standard InChI is InChI=1S/C22H18N4O6S2/c1-4-32-21(27)17-12(2)18(22(28)31-3)34-20(17)24-10-14(9-23)19-25-16(11-33-19)13-5-7-15(8-6-13)26(29)30/h5-8,10-11,24H,4H2,1-3H3. The number of ether oxygens (including phenoxy) is 2. The molecule has 2 heterocycles. The molecule has 0 radical (unpaired) electrons. The number of aromatic nitrogens is 1. The van der Waals surface area contributed by atoms with Crippen molar-refractivity contribution in [3.05, 3.63) is 67.0 Å². The van der Waals surface area contributed by atoms with Gasteiger partial charge in [0.05, 0.1) is 29.9 Å². The van der Waals surface area contributed by atoms with Gasteiger partial charge in [0.15, 0.2) is 0 Å². The largest absolute Gasteiger partial charge is 0.465 e. The second kappa shape index (κ2) is 10.7. The van der Waals surface area contributed by atoms with Crippen LogP contribution in [0.5, 0.6) is 0 Å².